The molecule has 1 saturated heterocycles. The average Bonchev–Trinajstić information content (AvgIpc) is 2.82. The molecule has 2 unspecified atom stereocenters. The fraction of sp³-hybridized carbons (Fsp3) is 0.867. The van der Waals surface area contributed by atoms with E-state index in [0.717, 1.165) is 25.8 Å². The van der Waals surface area contributed by atoms with Crippen LogP contribution in [-0.4, -0.2) is 54.8 Å². The highest BCUT2D eigenvalue weighted by Gasteiger charge is 2.32. The molecule has 0 aromatic heterocycles. The molecule has 0 aromatic carbocycles. The van der Waals surface area contributed by atoms with Gasteiger partial charge in [0.05, 0.1) is 13.7 Å². The van der Waals surface area contributed by atoms with Gasteiger partial charge in [0.2, 0.25) is 0 Å². The van der Waals surface area contributed by atoms with Crippen molar-refractivity contribution in [3.63, 3.8) is 0 Å². The van der Waals surface area contributed by atoms with Crippen molar-refractivity contribution in [1.82, 2.24) is 10.2 Å². The molecule has 0 aromatic rings. The van der Waals surface area contributed by atoms with Gasteiger partial charge in [0.15, 0.2) is 0 Å². The van der Waals surface area contributed by atoms with Crippen molar-refractivity contribution in [2.75, 3.05) is 20.2 Å². The highest BCUT2D eigenvalue weighted by molar-refractivity contribution is 5.71. The van der Waals surface area contributed by atoms with Gasteiger partial charge in [0.1, 0.15) is 5.60 Å². The number of hydrogen-bond donors (Lipinski definition) is 1. The molecule has 1 amide bonds. The van der Waals surface area contributed by atoms with Crippen molar-refractivity contribution >= 4 is 12.1 Å². The lowest BCUT2D eigenvalue weighted by atomic mass is 10.1. The molecule has 0 saturated carbocycles. The topological polar surface area (TPSA) is 67.9 Å². The summed E-state index contributed by atoms with van der Waals surface area (Å²) in [6.07, 6.45) is 2.53. The number of amides is 1. The van der Waals surface area contributed by atoms with E-state index in [1.807, 2.05) is 32.6 Å². The van der Waals surface area contributed by atoms with Crippen LogP contribution in [0.3, 0.4) is 0 Å². The molecule has 122 valence electrons. The standard InChI is InChI=1S/C15H28N2O4/c1-11(16-10-13(18)20-5)9-12-7-6-8-17(12)14(19)21-15(2,3)4/h11-12,16H,6-10H2,1-5H3. The van der Waals surface area contributed by atoms with Gasteiger partial charge in [-0.2, -0.15) is 0 Å². The first kappa shape index (κ1) is 17.8. The summed E-state index contributed by atoms with van der Waals surface area (Å²) in [5, 5.41) is 3.11. The van der Waals surface area contributed by atoms with Gasteiger partial charge in [-0.05, 0) is 47.0 Å². The van der Waals surface area contributed by atoms with Crippen molar-refractivity contribution in [1.29, 1.82) is 0 Å². The van der Waals surface area contributed by atoms with Gasteiger partial charge in [0.25, 0.3) is 0 Å². The third kappa shape index (κ3) is 6.33. The number of rotatable bonds is 5. The second kappa shape index (κ2) is 7.64. The average molecular weight is 300 g/mol. The molecule has 1 rings (SSSR count). The predicted molar refractivity (Wildman–Crippen MR) is 80.1 cm³/mol. The summed E-state index contributed by atoms with van der Waals surface area (Å²) < 4.78 is 10.0. The van der Waals surface area contributed by atoms with Crippen molar-refractivity contribution in [2.24, 2.45) is 0 Å². The number of hydrogen-bond acceptors (Lipinski definition) is 5. The van der Waals surface area contributed by atoms with E-state index in [9.17, 15) is 9.59 Å². The van der Waals surface area contributed by atoms with Crippen LogP contribution in [0.1, 0.15) is 47.0 Å². The van der Waals surface area contributed by atoms with Crippen molar-refractivity contribution in [3.8, 4) is 0 Å². The number of carbonyl (C=O) groups is 2. The second-order valence-corrected chi connectivity index (χ2v) is 6.56. The van der Waals surface area contributed by atoms with Crippen LogP contribution in [0, 0.1) is 0 Å². The molecule has 2 atom stereocenters. The lowest BCUT2D eigenvalue weighted by molar-refractivity contribution is -0.139. The number of ether oxygens (including phenoxy) is 2. The number of carbonyl (C=O) groups excluding carboxylic acids is 2. The Bertz CT molecular complexity index is 365. The zero-order valence-corrected chi connectivity index (χ0v) is 13.8. The van der Waals surface area contributed by atoms with Crippen LogP contribution in [-0.2, 0) is 14.3 Å². The Labute approximate surface area is 127 Å². The van der Waals surface area contributed by atoms with Gasteiger partial charge in [-0.15, -0.1) is 0 Å². The zero-order valence-electron chi connectivity index (χ0n) is 13.8. The molecule has 1 aliphatic heterocycles. The summed E-state index contributed by atoms with van der Waals surface area (Å²) in [4.78, 5) is 25.1. The van der Waals surface area contributed by atoms with E-state index in [1.54, 1.807) is 0 Å². The number of methoxy groups -OCH3 is 1. The SMILES string of the molecule is COC(=O)CNC(C)CC1CCCN1C(=O)OC(C)(C)C. The maximum absolute atomic E-state index is 12.2. The van der Waals surface area contributed by atoms with Crippen LogP contribution in [0.2, 0.25) is 0 Å². The van der Waals surface area contributed by atoms with Crippen molar-refractivity contribution < 1.29 is 19.1 Å². The van der Waals surface area contributed by atoms with Crippen LogP contribution in [0.4, 0.5) is 4.79 Å². The fourth-order valence-electron chi connectivity index (χ4n) is 2.46. The quantitative estimate of drug-likeness (QED) is 0.786. The number of esters is 1. The molecule has 1 heterocycles. The molecule has 21 heavy (non-hydrogen) atoms. The minimum Gasteiger partial charge on any atom is -0.468 e. The Hall–Kier alpha value is -1.30. The third-order valence-corrected chi connectivity index (χ3v) is 3.45. The molecule has 0 radical (unpaired) electrons. The van der Waals surface area contributed by atoms with Crippen LogP contribution in [0.5, 0.6) is 0 Å². The largest absolute Gasteiger partial charge is 0.468 e. The Balaban J connectivity index is 2.46. The lowest BCUT2D eigenvalue weighted by Crippen LogP contribution is -2.43. The first-order valence-electron chi connectivity index (χ1n) is 7.52. The number of nitrogens with zero attached hydrogens (tertiary/aromatic N) is 1. The second-order valence-electron chi connectivity index (χ2n) is 6.56. The van der Waals surface area contributed by atoms with Gasteiger partial charge in [-0.3, -0.25) is 4.79 Å². The highest BCUT2D eigenvalue weighted by Crippen LogP contribution is 2.23. The molecule has 1 aliphatic rings. The van der Waals surface area contributed by atoms with E-state index in [2.05, 4.69) is 10.1 Å². The van der Waals surface area contributed by atoms with E-state index in [0.29, 0.717) is 0 Å². The molecule has 6 heteroatoms. The van der Waals surface area contributed by atoms with Crippen LogP contribution in [0.15, 0.2) is 0 Å². The highest BCUT2D eigenvalue weighted by atomic mass is 16.6. The Kier molecular flexibility index (Phi) is 6.45. The van der Waals surface area contributed by atoms with Crippen molar-refractivity contribution in [3.05, 3.63) is 0 Å². The number of likely N-dealkylation sites (tertiary alicyclic amines) is 1. The summed E-state index contributed by atoms with van der Waals surface area (Å²) in [5.41, 5.74) is -0.473. The minimum atomic E-state index is -0.473. The molecular weight excluding hydrogens is 272 g/mol. The Morgan fingerprint density at radius 3 is 2.62 bits per heavy atom. The van der Waals surface area contributed by atoms with Crippen LogP contribution < -0.4 is 5.32 Å². The Morgan fingerprint density at radius 2 is 2.05 bits per heavy atom. The maximum Gasteiger partial charge on any atom is 0.410 e. The number of nitrogens with one attached hydrogen (secondary N) is 1. The first-order valence-corrected chi connectivity index (χ1v) is 7.52. The Morgan fingerprint density at radius 1 is 1.38 bits per heavy atom. The fourth-order valence-corrected chi connectivity index (χ4v) is 2.46. The van der Waals surface area contributed by atoms with E-state index >= 15 is 0 Å². The molecule has 0 aliphatic carbocycles. The first-order chi connectivity index (χ1) is 9.73. The summed E-state index contributed by atoms with van der Waals surface area (Å²) in [6.45, 7) is 8.55. The molecular formula is C15H28N2O4. The minimum absolute atomic E-state index is 0.136. The monoisotopic (exact) mass is 300 g/mol. The smallest absolute Gasteiger partial charge is 0.410 e. The summed E-state index contributed by atoms with van der Waals surface area (Å²) in [5.74, 6) is -0.280. The van der Waals surface area contributed by atoms with Crippen LogP contribution >= 0.6 is 0 Å². The molecule has 0 spiro atoms. The van der Waals surface area contributed by atoms with E-state index < -0.39 is 5.60 Å². The molecule has 0 bridgehead atoms. The predicted octanol–water partition coefficient (Wildman–Crippen LogP) is 1.93. The third-order valence-electron chi connectivity index (χ3n) is 3.45. The van der Waals surface area contributed by atoms with E-state index in [4.69, 9.17) is 4.74 Å². The van der Waals surface area contributed by atoms with Gasteiger partial charge in [0, 0.05) is 18.6 Å². The maximum atomic E-state index is 12.2. The van der Waals surface area contributed by atoms with Crippen LogP contribution in [0.25, 0.3) is 0 Å². The van der Waals surface area contributed by atoms with E-state index in [-0.39, 0.29) is 30.7 Å². The van der Waals surface area contributed by atoms with Crippen molar-refractivity contribution in [2.45, 2.75) is 64.6 Å². The molecule has 1 fully saturated rings. The van der Waals surface area contributed by atoms with Gasteiger partial charge < -0.3 is 19.7 Å². The lowest BCUT2D eigenvalue weighted by Gasteiger charge is -2.30. The van der Waals surface area contributed by atoms with E-state index in [1.165, 1.54) is 7.11 Å². The van der Waals surface area contributed by atoms with Gasteiger partial charge in [-0.1, -0.05) is 0 Å². The van der Waals surface area contributed by atoms with Gasteiger partial charge >= 0.3 is 12.1 Å². The normalized spacial score (nSPS) is 20.2. The summed E-state index contributed by atoms with van der Waals surface area (Å²) in [7, 11) is 1.37. The summed E-state index contributed by atoms with van der Waals surface area (Å²) in [6, 6.07) is 0.303. The van der Waals surface area contributed by atoms with Gasteiger partial charge in [-0.25, -0.2) is 4.79 Å². The molecule has 6 nitrogen and oxygen atoms in total. The molecule has 1 N–H and O–H groups in total. The summed E-state index contributed by atoms with van der Waals surface area (Å²) >= 11 is 0. The zero-order chi connectivity index (χ0) is 16.0.